The first kappa shape index (κ1) is 106. The van der Waals surface area contributed by atoms with E-state index in [0.717, 1.165) is 97.2 Å². The Hall–Kier alpha value is -10.4. The fraction of sp³-hybridized carbons (Fsp3) is 0.242. The standard InChI is InChI=1S/C38H38NSi2.C28H34NSi2.C25H30NO2SSi.3C11H8N.3Ir/c1-40(2,3)38-27-39-35(26-30(38)24-28-14-10-11-15-28)29-22-23-37-34(25-29)33-20-12-13-21-36(33)41(37,31-16-6-4-7-17-31)32-18-8-5-9-19-32;1-30(2,3)28-19-29-25(18-22(28)16-20-10-6-7-11-20)21-14-15-27-24(17-21)23-12-8-9-13-26(23)31(27,4)5;1-30(2,3)21(14-12-19-8-4-5-9-19)18-26-17-20-13-15-25-23(16-20)22-10-6-7-11-24(22)29(25,27)28;3*1-2-6-10(7-3-1)11-8-4-5-9-12-11;;;/h4-9,12-13,16-21,23,25-28H,10-11,14-15,24H2,1-3H3;8-9,12-13,15,17-20H,6-7,10-11,16H2,1-5H3;6-7,10-11,15-19H,4-5,8-9,12,14H2,1-3H3;3*1-6,8-9H;;;/q6*-1;;;/b;;21-18+,26-17?;;;;;;. The van der Waals surface area contributed by atoms with Crippen molar-refractivity contribution >= 4 is 97.9 Å². The monoisotopic (exact) mass is 2480 g/mol. The topological polar surface area (TPSA) is 111 Å². The van der Waals surface area contributed by atoms with Gasteiger partial charge in [-0.25, -0.2) is 8.42 Å². The normalized spacial score (nSPS) is 15.0. The molecule has 17 heteroatoms. The number of rotatable bonds is 19. The number of aliphatic imine (C=N–C) groups is 1. The quantitative estimate of drug-likeness (QED) is 0.0450. The van der Waals surface area contributed by atoms with E-state index in [1.54, 1.807) is 52.7 Å². The molecule has 3 aliphatic heterocycles. The van der Waals surface area contributed by atoms with E-state index in [0.29, 0.717) is 9.79 Å². The van der Waals surface area contributed by atoms with Gasteiger partial charge in [-0.2, -0.15) is 0 Å². The number of hydrogen-bond acceptors (Lipinski definition) is 8. The molecule has 5 aromatic heterocycles. The van der Waals surface area contributed by atoms with Crippen molar-refractivity contribution in [3.63, 3.8) is 0 Å². The van der Waals surface area contributed by atoms with Crippen molar-refractivity contribution < 1.29 is 68.7 Å². The third-order valence-electron chi connectivity index (χ3n) is 28.4. The summed E-state index contributed by atoms with van der Waals surface area (Å²) in [4.78, 5) is 28.1. The van der Waals surface area contributed by atoms with Crippen LogP contribution < -0.4 is 41.5 Å². The van der Waals surface area contributed by atoms with Crippen LogP contribution in [0.3, 0.4) is 0 Å². The molecule has 16 aromatic rings. The van der Waals surface area contributed by atoms with E-state index in [1.165, 1.54) is 160 Å². The zero-order valence-corrected chi connectivity index (χ0v) is 95.9. The number of allylic oxidation sites excluding steroid dienone is 1. The van der Waals surface area contributed by atoms with Crippen molar-refractivity contribution in [3.8, 4) is 89.7 Å². The van der Waals surface area contributed by atoms with Crippen molar-refractivity contribution in [2.24, 2.45) is 22.7 Å². The summed E-state index contributed by atoms with van der Waals surface area (Å²) >= 11 is 0. The number of pyridine rings is 5. The maximum atomic E-state index is 12.7. The Morgan fingerprint density at radius 2 is 0.773 bits per heavy atom. The number of sulfone groups is 1. The second-order valence-electron chi connectivity index (χ2n) is 41.2. The molecular weight excluding hydrogens is 2350 g/mol. The summed E-state index contributed by atoms with van der Waals surface area (Å²) in [6, 6.07) is 126. The smallest absolute Gasteiger partial charge is 0.173 e. The van der Waals surface area contributed by atoms with Crippen LogP contribution in [0, 0.1) is 54.2 Å². The number of fused-ring (bicyclic) bond motifs is 9. The predicted octanol–water partition coefficient (Wildman–Crippen LogP) is 25.9. The fourth-order valence-corrected chi connectivity index (χ4v) is 35.4. The molecule has 3 saturated carbocycles. The first-order valence-corrected chi connectivity index (χ1v) is 66.6. The molecular formula is C124H126Ir3N6O2SSi5-6. The van der Waals surface area contributed by atoms with E-state index in [2.05, 4.69) is 293 Å². The summed E-state index contributed by atoms with van der Waals surface area (Å²) in [6.45, 7) is 26.8. The van der Waals surface area contributed by atoms with Crippen molar-refractivity contribution in [2.45, 2.75) is 185 Å². The van der Waals surface area contributed by atoms with Gasteiger partial charge in [0.2, 0.25) is 0 Å². The average molecular weight is 2480 g/mol. The second kappa shape index (κ2) is 48.3. The van der Waals surface area contributed by atoms with Gasteiger partial charge in [-0.3, -0.25) is 0 Å². The predicted molar refractivity (Wildman–Crippen MR) is 591 cm³/mol. The number of nitrogens with zero attached hydrogens (tertiary/aromatic N) is 6. The Bertz CT molecular complexity index is 6690. The molecule has 6 aliphatic rings. The summed E-state index contributed by atoms with van der Waals surface area (Å²) in [6.07, 6.45) is 35.2. The van der Waals surface area contributed by atoms with Gasteiger partial charge < -0.3 is 29.9 Å². The van der Waals surface area contributed by atoms with Crippen LogP contribution in [-0.2, 0) is 83.0 Å². The van der Waals surface area contributed by atoms with Crippen LogP contribution in [0.1, 0.15) is 107 Å². The van der Waals surface area contributed by atoms with E-state index >= 15 is 0 Å². The summed E-state index contributed by atoms with van der Waals surface area (Å²) < 4.78 is 25.4. The third-order valence-corrected chi connectivity index (χ3v) is 45.1. The molecule has 22 rings (SSSR count). The maximum Gasteiger partial charge on any atom is 0.173 e. The van der Waals surface area contributed by atoms with Crippen LogP contribution in [0.5, 0.6) is 0 Å². The summed E-state index contributed by atoms with van der Waals surface area (Å²) in [5, 5.41) is 13.4. The Kier molecular flexibility index (Phi) is 36.4. The van der Waals surface area contributed by atoms with Crippen LogP contribution in [0.25, 0.3) is 89.7 Å². The summed E-state index contributed by atoms with van der Waals surface area (Å²) in [7, 11) is -11.9. The van der Waals surface area contributed by atoms with Crippen molar-refractivity contribution in [3.05, 3.63) is 405 Å². The van der Waals surface area contributed by atoms with Crippen molar-refractivity contribution in [1.82, 2.24) is 24.9 Å². The van der Waals surface area contributed by atoms with Crippen LogP contribution in [-0.4, -0.2) is 79.9 Å². The number of benzene rings is 11. The Labute approximate surface area is 885 Å². The molecule has 11 aromatic carbocycles. The minimum atomic E-state index is -3.43. The Balaban J connectivity index is 0.000000142. The first-order chi connectivity index (χ1) is 66.9. The van der Waals surface area contributed by atoms with Crippen LogP contribution in [0.4, 0.5) is 0 Å². The van der Waals surface area contributed by atoms with Gasteiger partial charge in [0.25, 0.3) is 0 Å². The molecule has 3 radical (unpaired) electrons. The molecule has 723 valence electrons. The van der Waals surface area contributed by atoms with Gasteiger partial charge in [0, 0.05) is 97.5 Å². The molecule has 8 heterocycles. The fourth-order valence-electron chi connectivity index (χ4n) is 21.1. The zero-order valence-electron chi connectivity index (χ0n) is 82.9. The van der Waals surface area contributed by atoms with Gasteiger partial charge in [0.1, 0.15) is 8.07 Å². The minimum absolute atomic E-state index is 0. The molecule has 0 N–H and O–H groups in total. The van der Waals surface area contributed by atoms with Crippen LogP contribution in [0.15, 0.2) is 367 Å². The van der Waals surface area contributed by atoms with Crippen molar-refractivity contribution in [1.29, 1.82) is 0 Å². The minimum Gasteiger partial charge on any atom is -0.313 e. The average Bonchev–Trinajstić information content (AvgIpc) is 1.51. The van der Waals surface area contributed by atoms with Gasteiger partial charge in [0.15, 0.2) is 9.84 Å². The Morgan fingerprint density at radius 3 is 1.21 bits per heavy atom. The van der Waals surface area contributed by atoms with E-state index in [4.69, 9.17) is 9.97 Å². The summed E-state index contributed by atoms with van der Waals surface area (Å²) in [5.74, 6) is 2.56. The molecule has 0 atom stereocenters. The molecule has 0 unspecified atom stereocenters. The molecule has 8 nitrogen and oxygen atoms in total. The molecule has 141 heavy (non-hydrogen) atoms. The van der Waals surface area contributed by atoms with Crippen LogP contribution >= 0.6 is 0 Å². The number of aromatic nitrogens is 5. The van der Waals surface area contributed by atoms with E-state index in [-0.39, 0.29) is 60.3 Å². The maximum absolute atomic E-state index is 12.7. The second-order valence-corrected chi connectivity index (χ2v) is 66.4. The van der Waals surface area contributed by atoms with E-state index in [9.17, 15) is 8.42 Å². The molecule has 0 saturated heterocycles. The number of hydrogen-bond donors (Lipinski definition) is 0. The van der Waals surface area contributed by atoms with Gasteiger partial charge in [-0.15, -0.1) is 189 Å². The zero-order chi connectivity index (χ0) is 95.9. The van der Waals surface area contributed by atoms with Gasteiger partial charge in [-0.1, -0.05) is 374 Å². The largest absolute Gasteiger partial charge is 0.313 e. The van der Waals surface area contributed by atoms with Crippen LogP contribution in [0.2, 0.25) is 72.0 Å². The Morgan fingerprint density at radius 1 is 0.369 bits per heavy atom. The molecule has 0 bridgehead atoms. The molecule has 3 aliphatic carbocycles. The van der Waals surface area contributed by atoms with Crippen molar-refractivity contribution in [2.75, 3.05) is 0 Å². The molecule has 0 spiro atoms. The summed E-state index contributed by atoms with van der Waals surface area (Å²) in [5.41, 5.74) is 21.4. The van der Waals surface area contributed by atoms with Gasteiger partial charge in [0.05, 0.1) is 37.2 Å². The molecule has 0 amide bonds. The van der Waals surface area contributed by atoms with E-state index < -0.39 is 50.2 Å². The molecule has 3 fully saturated rings. The van der Waals surface area contributed by atoms with Gasteiger partial charge in [-0.05, 0) is 140 Å². The van der Waals surface area contributed by atoms with E-state index in [1.807, 2.05) is 152 Å². The SMILES string of the molecule is C[Si](C)(C)/C(=C/N=Cc1[c-]cc2c(c1)-c1ccccc1S2(=O)=O)CCC1CCCC1.C[Si](C)(C)c1cnc(-c2[c-]cc3c(c2)-c2ccccc2[Si]3(C)C)cc1CC1CCCC1.C[Si](C)(C)c1cnc(-c2[c-]cc3c(c2)-c2ccccc2[Si]3(c2ccccc2)c2ccccc2)cc1CC1CCCC1.[Ir].[Ir].[Ir].[c-]1ccccc1-c1ccccn1.[c-]1ccccc1-c1ccccn1.[c-]1ccccc1-c1ccccn1. The first-order valence-electron chi connectivity index (χ1n) is 49.6. The third kappa shape index (κ3) is 25.1. The van der Waals surface area contributed by atoms with Gasteiger partial charge >= 0.3 is 0 Å².